The molecule has 0 fully saturated rings. The van der Waals surface area contributed by atoms with Crippen molar-refractivity contribution in [1.82, 2.24) is 25.4 Å². The lowest BCUT2D eigenvalue weighted by Crippen LogP contribution is -2.47. The van der Waals surface area contributed by atoms with Crippen LogP contribution in [0, 0.1) is 17.0 Å². The smallest absolute Gasteiger partial charge is 0.269 e. The van der Waals surface area contributed by atoms with Crippen molar-refractivity contribution < 1.29 is 4.92 Å². The number of nitro benzene ring substituents is 1. The lowest BCUT2D eigenvalue weighted by molar-refractivity contribution is -0.384. The summed E-state index contributed by atoms with van der Waals surface area (Å²) >= 11 is 0. The molecule has 27 heavy (non-hydrogen) atoms. The average Bonchev–Trinajstić information content (AvgIpc) is 2.99. The highest BCUT2D eigenvalue weighted by Crippen LogP contribution is 2.14. The second kappa shape index (κ2) is 9.62. The minimum absolute atomic E-state index is 0. The molecule has 0 spiro atoms. The molecular formula is C17H24IN7O2. The highest BCUT2D eigenvalue weighted by atomic mass is 127. The molecule has 146 valence electrons. The Labute approximate surface area is 174 Å². The van der Waals surface area contributed by atoms with Crippen LogP contribution < -0.4 is 10.6 Å². The SMILES string of the molecule is CCNC(=NCc1cccc([N+](=O)[O-])c1)NC1CCc2nc(C)nn2C1.I. The van der Waals surface area contributed by atoms with E-state index in [1.807, 2.05) is 24.6 Å². The Kier molecular flexibility index (Phi) is 7.51. The summed E-state index contributed by atoms with van der Waals surface area (Å²) in [6.07, 6.45) is 1.84. The summed E-state index contributed by atoms with van der Waals surface area (Å²) in [6.45, 7) is 5.76. The van der Waals surface area contributed by atoms with Crippen LogP contribution in [0.4, 0.5) is 5.69 Å². The molecule has 10 heteroatoms. The molecule has 0 saturated carbocycles. The monoisotopic (exact) mass is 485 g/mol. The molecule has 0 radical (unpaired) electrons. The topological polar surface area (TPSA) is 110 Å². The molecule has 2 heterocycles. The van der Waals surface area contributed by atoms with E-state index in [1.54, 1.807) is 12.1 Å². The second-order valence-electron chi connectivity index (χ2n) is 6.26. The third-order valence-electron chi connectivity index (χ3n) is 4.19. The zero-order chi connectivity index (χ0) is 18.5. The molecule has 1 atom stereocenters. The van der Waals surface area contributed by atoms with Crippen molar-refractivity contribution >= 4 is 35.6 Å². The Morgan fingerprint density at radius 2 is 2.30 bits per heavy atom. The van der Waals surface area contributed by atoms with E-state index in [2.05, 4.69) is 25.7 Å². The number of aromatic nitrogens is 3. The highest BCUT2D eigenvalue weighted by molar-refractivity contribution is 14.0. The number of benzene rings is 1. The van der Waals surface area contributed by atoms with Gasteiger partial charge in [0, 0.05) is 31.1 Å². The summed E-state index contributed by atoms with van der Waals surface area (Å²) in [7, 11) is 0. The first-order valence-electron chi connectivity index (χ1n) is 8.73. The van der Waals surface area contributed by atoms with E-state index in [-0.39, 0.29) is 35.7 Å². The van der Waals surface area contributed by atoms with E-state index in [9.17, 15) is 10.1 Å². The van der Waals surface area contributed by atoms with Gasteiger partial charge in [0.25, 0.3) is 5.69 Å². The molecular weight excluding hydrogens is 461 g/mol. The molecule has 0 bridgehead atoms. The Balaban J connectivity index is 0.00000261. The Morgan fingerprint density at radius 1 is 1.48 bits per heavy atom. The van der Waals surface area contributed by atoms with Gasteiger partial charge in [-0.2, -0.15) is 5.10 Å². The summed E-state index contributed by atoms with van der Waals surface area (Å²) in [5.74, 6) is 2.52. The van der Waals surface area contributed by atoms with Gasteiger partial charge in [0.15, 0.2) is 5.96 Å². The summed E-state index contributed by atoms with van der Waals surface area (Å²) in [4.78, 5) is 19.5. The number of nitro groups is 1. The maximum Gasteiger partial charge on any atom is 0.269 e. The maximum absolute atomic E-state index is 10.9. The number of halogens is 1. The second-order valence-corrected chi connectivity index (χ2v) is 6.26. The lowest BCUT2D eigenvalue weighted by Gasteiger charge is -2.25. The number of rotatable bonds is 5. The van der Waals surface area contributed by atoms with Gasteiger partial charge in [-0.25, -0.2) is 14.7 Å². The number of aliphatic imine (C=N–C) groups is 1. The first-order chi connectivity index (χ1) is 12.5. The molecule has 0 amide bonds. The van der Waals surface area contributed by atoms with Crippen LogP contribution >= 0.6 is 24.0 Å². The number of nitrogens with zero attached hydrogens (tertiary/aromatic N) is 5. The minimum atomic E-state index is -0.392. The van der Waals surface area contributed by atoms with E-state index in [1.165, 1.54) is 6.07 Å². The van der Waals surface area contributed by atoms with Gasteiger partial charge in [0.05, 0.1) is 18.0 Å². The van der Waals surface area contributed by atoms with Crippen molar-refractivity contribution in [2.75, 3.05) is 6.54 Å². The van der Waals surface area contributed by atoms with Crippen molar-refractivity contribution in [1.29, 1.82) is 0 Å². The average molecular weight is 485 g/mol. The van der Waals surface area contributed by atoms with Gasteiger partial charge in [0.2, 0.25) is 0 Å². The summed E-state index contributed by atoms with van der Waals surface area (Å²) in [5, 5.41) is 22.0. The number of fused-ring (bicyclic) bond motifs is 1. The molecule has 2 N–H and O–H groups in total. The van der Waals surface area contributed by atoms with E-state index in [0.717, 1.165) is 43.1 Å². The largest absolute Gasteiger partial charge is 0.357 e. The molecule has 1 aliphatic heterocycles. The number of hydrogen-bond acceptors (Lipinski definition) is 5. The van der Waals surface area contributed by atoms with Crippen LogP contribution in [-0.4, -0.2) is 38.2 Å². The standard InChI is InChI=1S/C17H23N7O2.HI/c1-3-18-17(19-10-13-5-4-6-15(9-13)24(25)26)21-14-7-8-16-20-12(2)22-23(16)11-14;/h4-6,9,14H,3,7-8,10-11H2,1-2H3,(H2,18,19,21);1H. The number of non-ortho nitro benzene ring substituents is 1. The van der Waals surface area contributed by atoms with E-state index < -0.39 is 4.92 Å². The van der Waals surface area contributed by atoms with Crippen LogP contribution in [0.1, 0.15) is 30.6 Å². The van der Waals surface area contributed by atoms with E-state index in [4.69, 9.17) is 0 Å². The molecule has 3 rings (SSSR count). The van der Waals surface area contributed by atoms with Gasteiger partial charge in [-0.3, -0.25) is 10.1 Å². The quantitative estimate of drug-likeness (QED) is 0.221. The van der Waals surface area contributed by atoms with Crippen molar-refractivity contribution in [3.63, 3.8) is 0 Å². The molecule has 9 nitrogen and oxygen atoms in total. The number of hydrogen-bond donors (Lipinski definition) is 2. The van der Waals surface area contributed by atoms with Crippen molar-refractivity contribution in [3.05, 3.63) is 51.6 Å². The first-order valence-corrected chi connectivity index (χ1v) is 8.73. The Morgan fingerprint density at radius 3 is 3.04 bits per heavy atom. The number of guanidine groups is 1. The molecule has 1 aromatic heterocycles. The van der Waals surface area contributed by atoms with Gasteiger partial charge < -0.3 is 10.6 Å². The van der Waals surface area contributed by atoms with Gasteiger partial charge in [-0.05, 0) is 25.8 Å². The minimum Gasteiger partial charge on any atom is -0.357 e. The fourth-order valence-corrected chi connectivity index (χ4v) is 3.00. The van der Waals surface area contributed by atoms with Gasteiger partial charge >= 0.3 is 0 Å². The van der Waals surface area contributed by atoms with Crippen molar-refractivity contribution in [2.24, 2.45) is 4.99 Å². The third-order valence-corrected chi connectivity index (χ3v) is 4.19. The summed E-state index contributed by atoms with van der Waals surface area (Å²) < 4.78 is 1.95. The third kappa shape index (κ3) is 5.62. The van der Waals surface area contributed by atoms with Crippen LogP contribution in [0.25, 0.3) is 0 Å². The van der Waals surface area contributed by atoms with Gasteiger partial charge in [-0.1, -0.05) is 12.1 Å². The summed E-state index contributed by atoms with van der Waals surface area (Å²) in [5.41, 5.74) is 0.881. The lowest BCUT2D eigenvalue weighted by atomic mass is 10.1. The fourth-order valence-electron chi connectivity index (χ4n) is 3.00. The molecule has 1 unspecified atom stereocenters. The summed E-state index contributed by atoms with van der Waals surface area (Å²) in [6, 6.07) is 6.77. The van der Waals surface area contributed by atoms with Crippen molar-refractivity contribution in [3.8, 4) is 0 Å². The van der Waals surface area contributed by atoms with Crippen molar-refractivity contribution in [2.45, 2.75) is 45.8 Å². The van der Waals surface area contributed by atoms with E-state index >= 15 is 0 Å². The zero-order valence-corrected chi connectivity index (χ0v) is 17.7. The van der Waals surface area contributed by atoms with Crippen LogP contribution in [0.2, 0.25) is 0 Å². The van der Waals surface area contributed by atoms with Crippen LogP contribution in [0.3, 0.4) is 0 Å². The fraction of sp³-hybridized carbons (Fsp3) is 0.471. The highest BCUT2D eigenvalue weighted by Gasteiger charge is 2.21. The van der Waals surface area contributed by atoms with Crippen LogP contribution in [0.15, 0.2) is 29.3 Å². The predicted octanol–water partition coefficient (Wildman–Crippen LogP) is 2.18. The van der Waals surface area contributed by atoms with Crippen LogP contribution in [-0.2, 0) is 19.5 Å². The van der Waals surface area contributed by atoms with Gasteiger partial charge in [0.1, 0.15) is 11.6 Å². The molecule has 2 aromatic rings. The van der Waals surface area contributed by atoms with E-state index in [0.29, 0.717) is 12.5 Å². The predicted molar refractivity (Wildman–Crippen MR) is 113 cm³/mol. The number of aryl methyl sites for hydroxylation is 2. The maximum atomic E-state index is 10.9. The number of nitrogens with one attached hydrogen (secondary N) is 2. The van der Waals surface area contributed by atoms with Crippen LogP contribution in [0.5, 0.6) is 0 Å². The molecule has 0 aliphatic carbocycles. The molecule has 1 aromatic carbocycles. The Bertz CT molecular complexity index is 821. The first kappa shape index (κ1) is 21.1. The molecule has 0 saturated heterocycles. The Hall–Kier alpha value is -2.24. The normalized spacial score (nSPS) is 16.2. The zero-order valence-electron chi connectivity index (χ0n) is 15.4. The van der Waals surface area contributed by atoms with Gasteiger partial charge in [-0.15, -0.1) is 24.0 Å². The molecule has 1 aliphatic rings.